The molecule has 0 aliphatic heterocycles. The predicted octanol–water partition coefficient (Wildman–Crippen LogP) is 3.91. The van der Waals surface area contributed by atoms with Crippen LogP contribution in [0, 0.1) is 17.5 Å². The molecule has 0 heterocycles. The molecule has 0 aromatic heterocycles. The van der Waals surface area contributed by atoms with E-state index in [1.54, 1.807) is 0 Å². The molecule has 3 nitrogen and oxygen atoms in total. The second-order valence-corrected chi connectivity index (χ2v) is 5.25. The second-order valence-electron chi connectivity index (χ2n) is 5.25. The molecule has 0 radical (unpaired) electrons. The molecule has 6 heteroatoms. The van der Waals surface area contributed by atoms with E-state index in [2.05, 4.69) is 10.6 Å². The number of halogens is 3. The minimum Gasteiger partial charge on any atom is -0.328 e. The number of carbonyl (C=O) groups is 1. The van der Waals surface area contributed by atoms with Gasteiger partial charge < -0.3 is 10.6 Å². The van der Waals surface area contributed by atoms with Crippen molar-refractivity contribution in [2.24, 2.45) is 0 Å². The standard InChI is InChI=1S/C16H13F3N2O/c17-11-6-7-12(14(19)13(11)18)20-15(22)21-16(8-9-16)10-4-2-1-3-5-10/h1-7H,8-9H2,(H2,20,21,22). The van der Waals surface area contributed by atoms with Gasteiger partial charge in [-0.1, -0.05) is 30.3 Å². The van der Waals surface area contributed by atoms with Gasteiger partial charge in [-0.3, -0.25) is 0 Å². The first-order chi connectivity index (χ1) is 10.5. The van der Waals surface area contributed by atoms with Crippen molar-refractivity contribution < 1.29 is 18.0 Å². The summed E-state index contributed by atoms with van der Waals surface area (Å²) in [5.74, 6) is -4.33. The summed E-state index contributed by atoms with van der Waals surface area (Å²) in [6.07, 6.45) is 1.54. The van der Waals surface area contributed by atoms with Crippen LogP contribution in [0.5, 0.6) is 0 Å². The van der Waals surface area contributed by atoms with Crippen LogP contribution in [0.1, 0.15) is 18.4 Å². The topological polar surface area (TPSA) is 41.1 Å². The van der Waals surface area contributed by atoms with Gasteiger partial charge in [-0.05, 0) is 30.5 Å². The van der Waals surface area contributed by atoms with E-state index >= 15 is 0 Å². The summed E-state index contributed by atoms with van der Waals surface area (Å²) in [5, 5.41) is 4.97. The summed E-state index contributed by atoms with van der Waals surface area (Å²) in [6.45, 7) is 0. The van der Waals surface area contributed by atoms with Crippen LogP contribution in [0.2, 0.25) is 0 Å². The molecule has 0 saturated heterocycles. The molecule has 0 spiro atoms. The summed E-state index contributed by atoms with van der Waals surface area (Å²) in [7, 11) is 0. The minimum atomic E-state index is -1.61. The van der Waals surface area contributed by atoms with E-state index in [0.717, 1.165) is 30.5 Å². The zero-order chi connectivity index (χ0) is 15.7. The first kappa shape index (κ1) is 14.4. The molecule has 1 aliphatic carbocycles. The van der Waals surface area contributed by atoms with E-state index in [9.17, 15) is 18.0 Å². The Labute approximate surface area is 125 Å². The zero-order valence-electron chi connectivity index (χ0n) is 11.5. The molecule has 1 fully saturated rings. The quantitative estimate of drug-likeness (QED) is 0.829. The molecule has 2 N–H and O–H groups in total. The van der Waals surface area contributed by atoms with Gasteiger partial charge in [0, 0.05) is 0 Å². The lowest BCUT2D eigenvalue weighted by molar-refractivity contribution is 0.247. The fourth-order valence-corrected chi connectivity index (χ4v) is 2.36. The van der Waals surface area contributed by atoms with Gasteiger partial charge in [0.15, 0.2) is 17.5 Å². The molecular weight excluding hydrogens is 293 g/mol. The number of urea groups is 1. The maximum Gasteiger partial charge on any atom is 0.320 e. The number of rotatable bonds is 3. The molecule has 22 heavy (non-hydrogen) atoms. The molecular formula is C16H13F3N2O. The first-order valence-electron chi connectivity index (χ1n) is 6.80. The molecule has 0 atom stereocenters. The summed E-state index contributed by atoms with van der Waals surface area (Å²) in [4.78, 5) is 12.0. The van der Waals surface area contributed by atoms with Crippen molar-refractivity contribution in [3.8, 4) is 0 Å². The highest BCUT2D eigenvalue weighted by molar-refractivity contribution is 5.90. The molecule has 2 amide bonds. The fraction of sp³-hybridized carbons (Fsp3) is 0.188. The Morgan fingerprint density at radius 3 is 2.27 bits per heavy atom. The van der Waals surface area contributed by atoms with Crippen LogP contribution in [0.4, 0.5) is 23.7 Å². The van der Waals surface area contributed by atoms with E-state index in [0.29, 0.717) is 0 Å². The average Bonchev–Trinajstić information content (AvgIpc) is 3.29. The summed E-state index contributed by atoms with van der Waals surface area (Å²) < 4.78 is 39.5. The molecule has 2 aromatic rings. The summed E-state index contributed by atoms with van der Waals surface area (Å²) in [5.41, 5.74) is 0.0802. The molecule has 1 aliphatic rings. The van der Waals surface area contributed by atoms with Crippen molar-refractivity contribution in [1.29, 1.82) is 0 Å². The van der Waals surface area contributed by atoms with Gasteiger partial charge in [0.2, 0.25) is 0 Å². The highest BCUT2D eigenvalue weighted by atomic mass is 19.2. The van der Waals surface area contributed by atoms with Crippen LogP contribution in [-0.2, 0) is 5.54 Å². The van der Waals surface area contributed by atoms with E-state index in [4.69, 9.17) is 0 Å². The monoisotopic (exact) mass is 306 g/mol. The van der Waals surface area contributed by atoms with Gasteiger partial charge >= 0.3 is 6.03 Å². The Morgan fingerprint density at radius 1 is 0.955 bits per heavy atom. The van der Waals surface area contributed by atoms with Crippen LogP contribution in [-0.4, -0.2) is 6.03 Å². The summed E-state index contributed by atoms with van der Waals surface area (Å²) >= 11 is 0. The van der Waals surface area contributed by atoms with E-state index in [1.165, 1.54) is 0 Å². The van der Waals surface area contributed by atoms with E-state index in [1.807, 2.05) is 30.3 Å². The summed E-state index contributed by atoms with van der Waals surface area (Å²) in [6, 6.07) is 10.5. The van der Waals surface area contributed by atoms with Gasteiger partial charge in [-0.15, -0.1) is 0 Å². The Morgan fingerprint density at radius 2 is 1.64 bits per heavy atom. The van der Waals surface area contributed by atoms with Crippen molar-refractivity contribution in [2.45, 2.75) is 18.4 Å². The SMILES string of the molecule is O=C(Nc1ccc(F)c(F)c1F)NC1(c2ccccc2)CC1. The molecule has 114 valence electrons. The van der Waals surface area contributed by atoms with E-state index in [-0.39, 0.29) is 0 Å². The molecule has 0 unspecified atom stereocenters. The number of nitrogens with one attached hydrogen (secondary N) is 2. The largest absolute Gasteiger partial charge is 0.328 e. The van der Waals surface area contributed by atoms with Crippen molar-refractivity contribution in [3.63, 3.8) is 0 Å². The Bertz CT molecular complexity index is 715. The van der Waals surface area contributed by atoms with Crippen LogP contribution in [0.3, 0.4) is 0 Å². The Balaban J connectivity index is 1.73. The zero-order valence-corrected chi connectivity index (χ0v) is 11.5. The molecule has 0 bridgehead atoms. The van der Waals surface area contributed by atoms with Crippen molar-refractivity contribution in [1.82, 2.24) is 5.32 Å². The lowest BCUT2D eigenvalue weighted by Crippen LogP contribution is -2.38. The van der Waals surface area contributed by atoms with Crippen LogP contribution >= 0.6 is 0 Å². The van der Waals surface area contributed by atoms with Gasteiger partial charge in [0.05, 0.1) is 11.2 Å². The normalized spacial score (nSPS) is 15.2. The molecule has 2 aromatic carbocycles. The van der Waals surface area contributed by atoms with Crippen molar-refractivity contribution >= 4 is 11.7 Å². The van der Waals surface area contributed by atoms with Crippen molar-refractivity contribution in [3.05, 3.63) is 65.5 Å². The van der Waals surface area contributed by atoms with Gasteiger partial charge in [0.25, 0.3) is 0 Å². The third-order valence-corrected chi connectivity index (χ3v) is 3.71. The van der Waals surface area contributed by atoms with Crippen LogP contribution in [0.25, 0.3) is 0 Å². The van der Waals surface area contributed by atoms with E-state index < -0.39 is 34.7 Å². The maximum atomic E-state index is 13.5. The number of carbonyl (C=O) groups excluding carboxylic acids is 1. The maximum absolute atomic E-state index is 13.5. The third kappa shape index (κ3) is 2.64. The number of amides is 2. The van der Waals surface area contributed by atoms with Crippen molar-refractivity contribution in [2.75, 3.05) is 5.32 Å². The third-order valence-electron chi connectivity index (χ3n) is 3.71. The fourth-order valence-electron chi connectivity index (χ4n) is 2.36. The van der Waals surface area contributed by atoms with Crippen LogP contribution in [0.15, 0.2) is 42.5 Å². The number of anilines is 1. The highest BCUT2D eigenvalue weighted by Crippen LogP contribution is 2.45. The minimum absolute atomic E-state index is 0.403. The predicted molar refractivity (Wildman–Crippen MR) is 75.8 cm³/mol. The lowest BCUT2D eigenvalue weighted by atomic mass is 10.1. The Kier molecular flexibility index (Phi) is 3.52. The molecule has 3 rings (SSSR count). The first-order valence-corrected chi connectivity index (χ1v) is 6.80. The lowest BCUT2D eigenvalue weighted by Gasteiger charge is -2.18. The van der Waals surface area contributed by atoms with Gasteiger partial charge in [-0.2, -0.15) is 0 Å². The average molecular weight is 306 g/mol. The number of benzene rings is 2. The molecule has 1 saturated carbocycles. The smallest absolute Gasteiger partial charge is 0.320 e. The Hall–Kier alpha value is -2.50. The number of hydrogen-bond acceptors (Lipinski definition) is 1. The van der Waals surface area contributed by atoms with Gasteiger partial charge in [-0.25, -0.2) is 18.0 Å². The second kappa shape index (κ2) is 5.36. The van der Waals surface area contributed by atoms with Gasteiger partial charge in [0.1, 0.15) is 0 Å². The van der Waals surface area contributed by atoms with Crippen LogP contribution < -0.4 is 10.6 Å². The highest BCUT2D eigenvalue weighted by Gasteiger charge is 2.45. The number of hydrogen-bond donors (Lipinski definition) is 2.